The van der Waals surface area contributed by atoms with E-state index in [1.807, 2.05) is 23.1 Å². The maximum atomic E-state index is 12.2. The Morgan fingerprint density at radius 1 is 1.32 bits per heavy atom. The lowest BCUT2D eigenvalue weighted by molar-refractivity contribution is -0.192. The van der Waals surface area contributed by atoms with Gasteiger partial charge in [-0.05, 0) is 18.9 Å². The Hall–Kier alpha value is -2.56. The molecule has 1 aliphatic carbocycles. The van der Waals surface area contributed by atoms with Crippen molar-refractivity contribution in [1.82, 2.24) is 14.8 Å². The number of hydrogen-bond donors (Lipinski definition) is 1. The Balaban J connectivity index is 0.000000345. The Labute approximate surface area is 159 Å². The molecule has 3 rings (SSSR count). The Morgan fingerprint density at radius 2 is 2.00 bits per heavy atom. The summed E-state index contributed by atoms with van der Waals surface area (Å²) in [6.45, 7) is 1.21. The number of halogens is 3. The molecule has 0 aromatic carbocycles. The monoisotopic (exact) mass is 405 g/mol. The summed E-state index contributed by atoms with van der Waals surface area (Å²) in [5, 5.41) is 7.12. The van der Waals surface area contributed by atoms with Crippen LogP contribution in [-0.2, 0) is 9.53 Å². The van der Waals surface area contributed by atoms with Crippen molar-refractivity contribution in [2.24, 2.45) is 0 Å². The molecule has 3 atom stereocenters. The molecule has 0 radical (unpaired) electrons. The lowest BCUT2D eigenvalue weighted by Gasteiger charge is -2.39. The van der Waals surface area contributed by atoms with E-state index in [0.717, 1.165) is 12.8 Å². The zero-order valence-electron chi connectivity index (χ0n) is 15.4. The second-order valence-electron chi connectivity index (χ2n) is 6.48. The van der Waals surface area contributed by atoms with Gasteiger partial charge in [-0.25, -0.2) is 14.6 Å². The fourth-order valence-electron chi connectivity index (χ4n) is 3.11. The largest absolute Gasteiger partial charge is 0.490 e. The molecule has 156 valence electrons. The fourth-order valence-corrected chi connectivity index (χ4v) is 3.11. The molecule has 2 amide bonds. The second-order valence-corrected chi connectivity index (χ2v) is 6.48. The number of carbonyl (C=O) groups excluding carboxylic acids is 1. The van der Waals surface area contributed by atoms with Crippen molar-refractivity contribution < 1.29 is 37.3 Å². The number of aliphatic carboxylic acids is 1. The number of alkyl halides is 3. The molecule has 8 nitrogen and oxygen atoms in total. The number of rotatable bonds is 2. The standard InChI is InChI=1S/C15H21N3O3.C2HF3O2/c1-17(2)15(19)18-9-10-20-14-11(18)6-7-12(14)21-13-5-3-4-8-16-13;3-2(4,5)1(6)7/h3-5,8,11-12,14H,6-7,9-10H2,1-2H3;(H,6,7)/t11-,12+,14+;/m0./s1. The Kier molecular flexibility index (Phi) is 7.05. The molecule has 1 saturated carbocycles. The van der Waals surface area contributed by atoms with Crippen molar-refractivity contribution in [2.45, 2.75) is 37.3 Å². The highest BCUT2D eigenvalue weighted by molar-refractivity contribution is 5.74. The third kappa shape index (κ3) is 5.47. The van der Waals surface area contributed by atoms with E-state index in [1.165, 1.54) is 0 Å². The number of morpholine rings is 1. The quantitative estimate of drug-likeness (QED) is 0.809. The molecular formula is C17H22F3N3O5. The van der Waals surface area contributed by atoms with Crippen molar-refractivity contribution in [2.75, 3.05) is 27.2 Å². The predicted octanol–water partition coefficient (Wildman–Crippen LogP) is 2.01. The third-order valence-corrected chi connectivity index (χ3v) is 4.32. The highest BCUT2D eigenvalue weighted by atomic mass is 19.4. The van der Waals surface area contributed by atoms with Gasteiger partial charge in [0.2, 0.25) is 5.88 Å². The minimum absolute atomic E-state index is 0.0392. The van der Waals surface area contributed by atoms with Crippen LogP contribution >= 0.6 is 0 Å². The normalized spacial score (nSPS) is 23.9. The molecule has 1 aliphatic heterocycles. The van der Waals surface area contributed by atoms with Gasteiger partial charge in [0.1, 0.15) is 12.2 Å². The van der Waals surface area contributed by atoms with Gasteiger partial charge in [0.05, 0.1) is 12.6 Å². The summed E-state index contributed by atoms with van der Waals surface area (Å²) in [4.78, 5) is 28.9. The smallest absolute Gasteiger partial charge is 0.475 e. The van der Waals surface area contributed by atoms with E-state index in [4.69, 9.17) is 19.4 Å². The van der Waals surface area contributed by atoms with E-state index in [9.17, 15) is 18.0 Å². The van der Waals surface area contributed by atoms with E-state index >= 15 is 0 Å². The van der Waals surface area contributed by atoms with E-state index in [1.54, 1.807) is 25.2 Å². The van der Waals surface area contributed by atoms with Gasteiger partial charge >= 0.3 is 18.2 Å². The summed E-state index contributed by atoms with van der Waals surface area (Å²) in [5.41, 5.74) is 0. The van der Waals surface area contributed by atoms with Crippen LogP contribution in [0.4, 0.5) is 18.0 Å². The van der Waals surface area contributed by atoms with Gasteiger partial charge in [0.15, 0.2) is 0 Å². The number of ether oxygens (including phenoxy) is 2. The molecule has 1 aromatic rings. The molecule has 2 heterocycles. The fraction of sp³-hybridized carbons (Fsp3) is 0.588. The summed E-state index contributed by atoms with van der Waals surface area (Å²) in [7, 11) is 3.56. The van der Waals surface area contributed by atoms with Crippen molar-refractivity contribution >= 4 is 12.0 Å². The number of fused-ring (bicyclic) bond motifs is 1. The number of pyridine rings is 1. The highest BCUT2D eigenvalue weighted by Gasteiger charge is 2.46. The molecule has 2 fully saturated rings. The molecular weight excluding hydrogens is 383 g/mol. The maximum Gasteiger partial charge on any atom is 0.490 e. The number of amides is 2. The van der Waals surface area contributed by atoms with Crippen molar-refractivity contribution in [1.29, 1.82) is 0 Å². The van der Waals surface area contributed by atoms with Gasteiger partial charge < -0.3 is 24.4 Å². The van der Waals surface area contributed by atoms with Crippen molar-refractivity contribution in [3.8, 4) is 5.88 Å². The number of urea groups is 1. The predicted molar refractivity (Wildman–Crippen MR) is 90.9 cm³/mol. The van der Waals surface area contributed by atoms with Crippen LogP contribution in [-0.4, -0.2) is 83.6 Å². The van der Waals surface area contributed by atoms with Crippen LogP contribution in [0.15, 0.2) is 24.4 Å². The van der Waals surface area contributed by atoms with E-state index < -0.39 is 12.1 Å². The van der Waals surface area contributed by atoms with Gasteiger partial charge in [-0.1, -0.05) is 6.07 Å². The van der Waals surface area contributed by atoms with Crippen LogP contribution in [0, 0.1) is 0 Å². The van der Waals surface area contributed by atoms with Gasteiger partial charge in [-0.15, -0.1) is 0 Å². The Morgan fingerprint density at radius 3 is 2.54 bits per heavy atom. The molecule has 0 unspecified atom stereocenters. The molecule has 0 spiro atoms. The van der Waals surface area contributed by atoms with Crippen LogP contribution in [0.3, 0.4) is 0 Å². The first-order chi connectivity index (χ1) is 13.1. The van der Waals surface area contributed by atoms with Crippen LogP contribution in [0.2, 0.25) is 0 Å². The summed E-state index contributed by atoms with van der Waals surface area (Å²) in [6, 6.07) is 5.75. The SMILES string of the molecule is CN(C)C(=O)N1CCO[C@H]2[C@H](Oc3ccccn3)CC[C@@H]21.O=C(O)C(F)(F)F. The van der Waals surface area contributed by atoms with Gasteiger partial charge in [0.25, 0.3) is 0 Å². The summed E-state index contributed by atoms with van der Waals surface area (Å²) < 4.78 is 43.6. The topological polar surface area (TPSA) is 92.2 Å². The zero-order valence-corrected chi connectivity index (χ0v) is 15.4. The van der Waals surface area contributed by atoms with Crippen LogP contribution in [0.5, 0.6) is 5.88 Å². The second kappa shape index (κ2) is 9.09. The molecule has 28 heavy (non-hydrogen) atoms. The van der Waals surface area contributed by atoms with Crippen LogP contribution in [0.25, 0.3) is 0 Å². The number of carbonyl (C=O) groups is 2. The average molecular weight is 405 g/mol. The molecule has 1 aromatic heterocycles. The summed E-state index contributed by atoms with van der Waals surface area (Å²) >= 11 is 0. The van der Waals surface area contributed by atoms with Gasteiger partial charge in [-0.2, -0.15) is 13.2 Å². The van der Waals surface area contributed by atoms with Crippen molar-refractivity contribution in [3.63, 3.8) is 0 Å². The highest BCUT2D eigenvalue weighted by Crippen LogP contribution is 2.33. The zero-order chi connectivity index (χ0) is 20.9. The van der Waals surface area contributed by atoms with Crippen LogP contribution in [0.1, 0.15) is 12.8 Å². The summed E-state index contributed by atoms with van der Waals surface area (Å²) in [6.07, 6.45) is -1.69. The minimum atomic E-state index is -5.08. The Bertz CT molecular complexity index is 672. The minimum Gasteiger partial charge on any atom is -0.475 e. The first kappa shape index (κ1) is 21.7. The molecule has 1 N–H and O–H groups in total. The first-order valence-electron chi connectivity index (χ1n) is 8.58. The number of carboxylic acids is 1. The van der Waals surface area contributed by atoms with Gasteiger partial charge in [-0.3, -0.25) is 0 Å². The average Bonchev–Trinajstić information content (AvgIpc) is 3.04. The number of nitrogens with zero attached hydrogens (tertiary/aromatic N) is 3. The summed E-state index contributed by atoms with van der Waals surface area (Å²) in [5.74, 6) is -2.14. The number of hydrogen-bond acceptors (Lipinski definition) is 5. The van der Waals surface area contributed by atoms with E-state index in [2.05, 4.69) is 4.98 Å². The lowest BCUT2D eigenvalue weighted by Crippen LogP contribution is -2.56. The van der Waals surface area contributed by atoms with Crippen molar-refractivity contribution in [3.05, 3.63) is 24.4 Å². The molecule has 11 heteroatoms. The number of aromatic nitrogens is 1. The molecule has 1 saturated heterocycles. The first-order valence-corrected chi connectivity index (χ1v) is 8.58. The van der Waals surface area contributed by atoms with Gasteiger partial charge in [0, 0.05) is 32.9 Å². The maximum absolute atomic E-state index is 12.2. The van der Waals surface area contributed by atoms with Crippen LogP contribution < -0.4 is 4.74 Å². The third-order valence-electron chi connectivity index (χ3n) is 4.32. The number of carboxylic acid groups (broad SMARTS) is 1. The lowest BCUT2D eigenvalue weighted by atomic mass is 10.1. The van der Waals surface area contributed by atoms with E-state index in [-0.39, 0.29) is 24.3 Å². The van der Waals surface area contributed by atoms with E-state index in [0.29, 0.717) is 19.0 Å². The molecule has 0 bridgehead atoms. The molecule has 2 aliphatic rings.